The van der Waals surface area contributed by atoms with Gasteiger partial charge in [-0.05, 0) is 30.7 Å². The van der Waals surface area contributed by atoms with Crippen molar-refractivity contribution < 1.29 is 18.0 Å². The molecule has 0 saturated carbocycles. The van der Waals surface area contributed by atoms with E-state index < -0.39 is 11.9 Å². The van der Waals surface area contributed by atoms with E-state index in [1.165, 1.54) is 13.0 Å². The van der Waals surface area contributed by atoms with E-state index in [-0.39, 0.29) is 30.4 Å². The summed E-state index contributed by atoms with van der Waals surface area (Å²) in [5.74, 6) is -0.355. The largest absolute Gasteiger partial charge is 0.433 e. The predicted octanol–water partition coefficient (Wildman–Crippen LogP) is 3.83. The fourth-order valence-electron chi connectivity index (χ4n) is 2.02. The molecule has 0 bridgehead atoms. The van der Waals surface area contributed by atoms with Crippen LogP contribution in [0.15, 0.2) is 36.4 Å². The lowest BCUT2D eigenvalue weighted by atomic mass is 10.2. The number of carbonyl (C=O) groups excluding carboxylic acids is 1. The van der Waals surface area contributed by atoms with Crippen LogP contribution in [-0.4, -0.2) is 22.4 Å². The Kier molecular flexibility index (Phi) is 6.14. The topological polar surface area (TPSA) is 54.9 Å². The Hall–Kier alpha value is -2.41. The van der Waals surface area contributed by atoms with Gasteiger partial charge in [-0.3, -0.25) is 4.79 Å². The van der Waals surface area contributed by atoms with Gasteiger partial charge in [-0.25, -0.2) is 9.97 Å². The van der Waals surface area contributed by atoms with Crippen molar-refractivity contribution in [3.8, 4) is 0 Å². The lowest BCUT2D eigenvalue weighted by Gasteiger charge is -2.09. The molecule has 0 aliphatic carbocycles. The van der Waals surface area contributed by atoms with E-state index >= 15 is 0 Å². The quantitative estimate of drug-likeness (QED) is 0.815. The lowest BCUT2D eigenvalue weighted by molar-refractivity contribution is -0.141. The highest BCUT2D eigenvalue weighted by atomic mass is 35.5. The number of nitrogens with one attached hydrogen (secondary N) is 1. The molecule has 1 heterocycles. The van der Waals surface area contributed by atoms with E-state index in [1.807, 2.05) is 0 Å². The molecule has 25 heavy (non-hydrogen) atoms. The zero-order chi connectivity index (χ0) is 18.4. The average Bonchev–Trinajstić information content (AvgIpc) is 2.53. The van der Waals surface area contributed by atoms with Gasteiger partial charge in [-0.1, -0.05) is 29.8 Å². The highest BCUT2D eigenvalue weighted by Gasteiger charge is 2.33. The molecule has 8 heteroatoms. The van der Waals surface area contributed by atoms with Gasteiger partial charge in [-0.15, -0.1) is 0 Å². The third kappa shape index (κ3) is 5.86. The van der Waals surface area contributed by atoms with Crippen LogP contribution >= 0.6 is 11.6 Å². The smallest absolute Gasteiger partial charge is 0.352 e. The van der Waals surface area contributed by atoms with Crippen LogP contribution in [0, 0.1) is 6.92 Å². The lowest BCUT2D eigenvalue weighted by Crippen LogP contribution is -2.24. The summed E-state index contributed by atoms with van der Waals surface area (Å²) in [6.07, 6.45) is -1.57. The molecule has 132 valence electrons. The maximum atomic E-state index is 12.7. The van der Waals surface area contributed by atoms with E-state index in [2.05, 4.69) is 15.3 Å². The molecule has 0 spiro atoms. The second kappa shape index (κ2) is 8.11. The Balaban J connectivity index is 1.91. The number of hydrogen-bond acceptors (Lipinski definition) is 3. The zero-order valence-electron chi connectivity index (χ0n) is 13.3. The minimum absolute atomic E-state index is 0.0303. The molecule has 0 aliphatic rings. The van der Waals surface area contributed by atoms with Crippen LogP contribution in [0.5, 0.6) is 0 Å². The molecule has 4 nitrogen and oxygen atoms in total. The molecule has 2 rings (SSSR count). The van der Waals surface area contributed by atoms with Crippen molar-refractivity contribution in [1.29, 1.82) is 0 Å². The molecular formula is C17H15ClF3N3O. The van der Waals surface area contributed by atoms with Crippen molar-refractivity contribution in [1.82, 2.24) is 15.3 Å². The Bertz CT molecular complexity index is 791. The molecule has 0 radical (unpaired) electrons. The number of amides is 1. The van der Waals surface area contributed by atoms with Crippen LogP contribution in [0.1, 0.15) is 22.8 Å². The summed E-state index contributed by atoms with van der Waals surface area (Å²) in [6, 6.07) is 7.90. The first-order valence-electron chi connectivity index (χ1n) is 7.38. The van der Waals surface area contributed by atoms with Gasteiger partial charge in [0.05, 0.1) is 0 Å². The van der Waals surface area contributed by atoms with Gasteiger partial charge in [0.25, 0.3) is 0 Å². The Labute approximate surface area is 147 Å². The van der Waals surface area contributed by atoms with Gasteiger partial charge in [-0.2, -0.15) is 13.2 Å². The minimum Gasteiger partial charge on any atom is -0.352 e. The maximum Gasteiger partial charge on any atom is 0.433 e. The molecular weight excluding hydrogens is 355 g/mol. The monoisotopic (exact) mass is 369 g/mol. The highest BCUT2D eigenvalue weighted by molar-refractivity contribution is 6.32. The summed E-state index contributed by atoms with van der Waals surface area (Å²) in [6.45, 7) is 1.58. The molecule has 0 aliphatic heterocycles. The van der Waals surface area contributed by atoms with Crippen LogP contribution in [-0.2, 0) is 17.4 Å². The summed E-state index contributed by atoms with van der Waals surface area (Å²) in [7, 11) is 0. The van der Waals surface area contributed by atoms with Gasteiger partial charge >= 0.3 is 6.18 Å². The molecule has 1 aromatic carbocycles. The Morgan fingerprint density at radius 1 is 1.28 bits per heavy atom. The highest BCUT2D eigenvalue weighted by Crippen LogP contribution is 2.27. The van der Waals surface area contributed by atoms with Gasteiger partial charge in [0.1, 0.15) is 11.5 Å². The van der Waals surface area contributed by atoms with E-state index in [0.717, 1.165) is 6.07 Å². The zero-order valence-corrected chi connectivity index (χ0v) is 14.0. The number of nitrogens with zero attached hydrogens (tertiary/aromatic N) is 2. The second-order valence-corrected chi connectivity index (χ2v) is 5.61. The van der Waals surface area contributed by atoms with E-state index in [1.54, 1.807) is 30.3 Å². The molecule has 0 saturated heterocycles. The average molecular weight is 370 g/mol. The fraction of sp³-hybridized carbons (Fsp3) is 0.235. The maximum absolute atomic E-state index is 12.7. The van der Waals surface area contributed by atoms with Gasteiger partial charge < -0.3 is 5.32 Å². The number of aryl methyl sites for hydroxylation is 1. The number of alkyl halides is 3. The summed E-state index contributed by atoms with van der Waals surface area (Å²) in [5, 5.41) is 3.08. The van der Waals surface area contributed by atoms with E-state index in [0.29, 0.717) is 10.6 Å². The van der Waals surface area contributed by atoms with Gasteiger partial charge in [0, 0.05) is 29.8 Å². The van der Waals surface area contributed by atoms with E-state index in [9.17, 15) is 18.0 Å². The van der Waals surface area contributed by atoms with Crippen molar-refractivity contribution in [2.75, 3.05) is 6.54 Å². The Morgan fingerprint density at radius 2 is 2.00 bits per heavy atom. The van der Waals surface area contributed by atoms with Gasteiger partial charge in [0.2, 0.25) is 5.91 Å². The normalized spacial score (nSPS) is 11.7. The summed E-state index contributed by atoms with van der Waals surface area (Å²) in [4.78, 5) is 19.2. The molecule has 0 atom stereocenters. The molecule has 1 aromatic heterocycles. The summed E-state index contributed by atoms with van der Waals surface area (Å²) >= 11 is 5.97. The second-order valence-electron chi connectivity index (χ2n) is 5.20. The van der Waals surface area contributed by atoms with Crippen LogP contribution in [0.4, 0.5) is 13.2 Å². The summed E-state index contributed by atoms with van der Waals surface area (Å²) < 4.78 is 38.1. The molecule has 2 aromatic rings. The number of carbonyl (C=O) groups is 1. The Morgan fingerprint density at radius 3 is 2.68 bits per heavy atom. The first-order valence-corrected chi connectivity index (χ1v) is 7.75. The van der Waals surface area contributed by atoms with Crippen LogP contribution in [0.3, 0.4) is 0 Å². The standard InChI is InChI=1S/C17H15ClF3N3O/c1-11-10-14(17(19,20)21)24-15(23-11)8-9-22-16(25)7-6-12-4-2-3-5-13(12)18/h2-7,10H,8-9H2,1H3,(H,22,25)/b7-6+. The van der Waals surface area contributed by atoms with Crippen LogP contribution < -0.4 is 5.32 Å². The van der Waals surface area contributed by atoms with Crippen molar-refractivity contribution in [2.24, 2.45) is 0 Å². The molecule has 0 fully saturated rings. The number of aromatic nitrogens is 2. The number of halogens is 4. The molecule has 0 unspecified atom stereocenters. The van der Waals surface area contributed by atoms with Crippen molar-refractivity contribution in [2.45, 2.75) is 19.5 Å². The third-order valence-corrected chi connectivity index (χ3v) is 3.50. The first-order chi connectivity index (χ1) is 11.8. The first kappa shape index (κ1) is 18.9. The number of hydrogen-bond donors (Lipinski definition) is 1. The predicted molar refractivity (Wildman–Crippen MR) is 89.0 cm³/mol. The minimum atomic E-state index is -4.52. The number of benzene rings is 1. The van der Waals surface area contributed by atoms with Gasteiger partial charge in [0.15, 0.2) is 0 Å². The van der Waals surface area contributed by atoms with Crippen molar-refractivity contribution in [3.05, 3.63) is 64.2 Å². The fourth-order valence-corrected chi connectivity index (χ4v) is 2.22. The van der Waals surface area contributed by atoms with Crippen molar-refractivity contribution >= 4 is 23.6 Å². The van der Waals surface area contributed by atoms with Crippen LogP contribution in [0.2, 0.25) is 5.02 Å². The van der Waals surface area contributed by atoms with E-state index in [4.69, 9.17) is 11.6 Å². The van der Waals surface area contributed by atoms with Crippen LogP contribution in [0.25, 0.3) is 6.08 Å². The third-order valence-electron chi connectivity index (χ3n) is 3.16. The van der Waals surface area contributed by atoms with Crippen molar-refractivity contribution in [3.63, 3.8) is 0 Å². The number of rotatable bonds is 5. The summed E-state index contributed by atoms with van der Waals surface area (Å²) in [5.41, 5.74) is -0.0710. The molecule has 1 amide bonds. The SMILES string of the molecule is Cc1cc(C(F)(F)F)nc(CCNC(=O)/C=C/c2ccccc2Cl)n1. The molecule has 1 N–H and O–H groups in total.